The number of benzene rings is 2. The van der Waals surface area contributed by atoms with Gasteiger partial charge in [0, 0.05) is 30.8 Å². The van der Waals surface area contributed by atoms with Gasteiger partial charge >= 0.3 is 0 Å². The highest BCUT2D eigenvalue weighted by molar-refractivity contribution is 7.89. The Balaban J connectivity index is 2.02. The molecule has 0 fully saturated rings. The number of hydrogen-bond acceptors (Lipinski definition) is 5. The molecule has 0 bridgehead atoms. The van der Waals surface area contributed by atoms with Crippen molar-refractivity contribution in [3.8, 4) is 11.5 Å². The van der Waals surface area contributed by atoms with Crippen LogP contribution in [-0.4, -0.2) is 51.2 Å². The zero-order chi connectivity index (χ0) is 21.4. The molecule has 0 saturated heterocycles. The van der Waals surface area contributed by atoms with Crippen LogP contribution in [0.15, 0.2) is 48.5 Å². The van der Waals surface area contributed by atoms with E-state index >= 15 is 0 Å². The van der Waals surface area contributed by atoms with Gasteiger partial charge in [0.25, 0.3) is 5.91 Å². The van der Waals surface area contributed by atoms with Crippen LogP contribution in [0.2, 0.25) is 0 Å². The molecule has 8 heteroatoms. The third kappa shape index (κ3) is 6.47. The third-order valence-electron chi connectivity index (χ3n) is 4.37. The molecule has 0 saturated carbocycles. The Morgan fingerprint density at radius 1 is 1.03 bits per heavy atom. The van der Waals surface area contributed by atoms with Gasteiger partial charge in [-0.25, -0.2) is 8.42 Å². The normalized spacial score (nSPS) is 11.5. The number of carbonyl (C=O) groups is 1. The monoisotopic (exact) mass is 420 g/mol. The molecule has 2 aromatic rings. The summed E-state index contributed by atoms with van der Waals surface area (Å²) < 4.78 is 37.4. The fraction of sp³-hybridized carbons (Fsp3) is 0.381. The van der Waals surface area contributed by atoms with Gasteiger partial charge in [0.1, 0.15) is 11.5 Å². The van der Waals surface area contributed by atoms with E-state index in [4.69, 9.17) is 9.47 Å². The maximum atomic E-state index is 12.8. The molecule has 158 valence electrons. The standard InChI is InChI=1S/C21H28N2O5S/c1-16(2)23(15-17-8-6-5-7-9-17)29(25,26)11-10-22-21(24)18-12-19(27-3)14-20(13-18)28-4/h5-9,12-14,16H,10-11,15H2,1-4H3,(H,22,24). The fourth-order valence-electron chi connectivity index (χ4n) is 2.82. The van der Waals surface area contributed by atoms with Gasteiger partial charge in [0.2, 0.25) is 10.0 Å². The first-order valence-corrected chi connectivity index (χ1v) is 10.9. The van der Waals surface area contributed by atoms with Crippen molar-refractivity contribution in [2.24, 2.45) is 0 Å². The summed E-state index contributed by atoms with van der Waals surface area (Å²) in [6.07, 6.45) is 0. The second-order valence-corrected chi connectivity index (χ2v) is 8.84. The van der Waals surface area contributed by atoms with Crippen LogP contribution < -0.4 is 14.8 Å². The molecule has 0 aliphatic carbocycles. The van der Waals surface area contributed by atoms with Gasteiger partial charge in [0.15, 0.2) is 0 Å². The first kappa shape index (κ1) is 22.7. The van der Waals surface area contributed by atoms with E-state index in [1.807, 2.05) is 44.2 Å². The summed E-state index contributed by atoms with van der Waals surface area (Å²) in [7, 11) is -0.562. The van der Waals surface area contributed by atoms with Gasteiger partial charge in [-0.15, -0.1) is 0 Å². The highest BCUT2D eigenvalue weighted by Gasteiger charge is 2.25. The topological polar surface area (TPSA) is 84.9 Å². The lowest BCUT2D eigenvalue weighted by molar-refractivity contribution is 0.0955. The van der Waals surface area contributed by atoms with Crippen molar-refractivity contribution in [1.29, 1.82) is 0 Å². The van der Waals surface area contributed by atoms with Crippen molar-refractivity contribution < 1.29 is 22.7 Å². The molecule has 2 rings (SSSR count). The van der Waals surface area contributed by atoms with E-state index in [2.05, 4.69) is 5.32 Å². The van der Waals surface area contributed by atoms with Crippen molar-refractivity contribution in [2.45, 2.75) is 26.4 Å². The highest BCUT2D eigenvalue weighted by atomic mass is 32.2. The molecule has 0 unspecified atom stereocenters. The Labute approximate surface area is 172 Å². The second-order valence-electron chi connectivity index (χ2n) is 6.80. The lowest BCUT2D eigenvalue weighted by Crippen LogP contribution is -2.41. The largest absolute Gasteiger partial charge is 0.497 e. The summed E-state index contributed by atoms with van der Waals surface area (Å²) in [6, 6.07) is 14.0. The van der Waals surface area contributed by atoms with Gasteiger partial charge in [-0.05, 0) is 31.5 Å². The van der Waals surface area contributed by atoms with Gasteiger partial charge in [-0.3, -0.25) is 4.79 Å². The van der Waals surface area contributed by atoms with Crippen molar-refractivity contribution in [3.05, 3.63) is 59.7 Å². The molecule has 1 N–H and O–H groups in total. The number of nitrogens with one attached hydrogen (secondary N) is 1. The summed E-state index contributed by atoms with van der Waals surface area (Å²) in [5.74, 6) is 0.383. The van der Waals surface area contributed by atoms with Crippen LogP contribution in [0.25, 0.3) is 0 Å². The van der Waals surface area contributed by atoms with E-state index in [-0.39, 0.29) is 18.3 Å². The second kappa shape index (κ2) is 10.3. The smallest absolute Gasteiger partial charge is 0.251 e. The van der Waals surface area contributed by atoms with Crippen LogP contribution in [0.3, 0.4) is 0 Å². The van der Waals surface area contributed by atoms with E-state index in [0.29, 0.717) is 23.6 Å². The molecule has 0 aromatic heterocycles. The van der Waals surface area contributed by atoms with Gasteiger partial charge in [-0.1, -0.05) is 30.3 Å². The zero-order valence-electron chi connectivity index (χ0n) is 17.2. The van der Waals surface area contributed by atoms with Crippen molar-refractivity contribution >= 4 is 15.9 Å². The summed E-state index contributed by atoms with van der Waals surface area (Å²) in [6.45, 7) is 3.96. The van der Waals surface area contributed by atoms with Gasteiger partial charge in [-0.2, -0.15) is 4.31 Å². The molecule has 0 aliphatic rings. The number of carbonyl (C=O) groups excluding carboxylic acids is 1. The van der Waals surface area contributed by atoms with Gasteiger partial charge in [0.05, 0.1) is 20.0 Å². The van der Waals surface area contributed by atoms with Crippen LogP contribution in [0.4, 0.5) is 0 Å². The molecular formula is C21H28N2O5S. The molecule has 29 heavy (non-hydrogen) atoms. The first-order valence-electron chi connectivity index (χ1n) is 9.31. The van der Waals surface area contributed by atoms with E-state index in [1.54, 1.807) is 18.2 Å². The number of sulfonamides is 1. The van der Waals surface area contributed by atoms with E-state index in [0.717, 1.165) is 5.56 Å². The molecule has 0 radical (unpaired) electrons. The fourth-order valence-corrected chi connectivity index (χ4v) is 4.40. The molecule has 1 amide bonds. The average molecular weight is 421 g/mol. The molecule has 7 nitrogen and oxygen atoms in total. The van der Waals surface area contributed by atoms with Crippen molar-refractivity contribution in [2.75, 3.05) is 26.5 Å². The first-order chi connectivity index (χ1) is 13.8. The lowest BCUT2D eigenvalue weighted by atomic mass is 10.2. The minimum absolute atomic E-state index is 0.00129. The highest BCUT2D eigenvalue weighted by Crippen LogP contribution is 2.22. The van der Waals surface area contributed by atoms with Gasteiger partial charge < -0.3 is 14.8 Å². The van der Waals surface area contributed by atoms with Crippen LogP contribution in [0.5, 0.6) is 11.5 Å². The van der Waals surface area contributed by atoms with Crippen LogP contribution >= 0.6 is 0 Å². The maximum absolute atomic E-state index is 12.8. The minimum Gasteiger partial charge on any atom is -0.497 e. The summed E-state index contributed by atoms with van der Waals surface area (Å²) in [4.78, 5) is 12.4. The van der Waals surface area contributed by atoms with Crippen LogP contribution in [0.1, 0.15) is 29.8 Å². The lowest BCUT2D eigenvalue weighted by Gasteiger charge is -2.26. The Bertz CT molecular complexity index is 892. The number of rotatable bonds is 10. The minimum atomic E-state index is -3.55. The Morgan fingerprint density at radius 2 is 1.62 bits per heavy atom. The summed E-state index contributed by atoms with van der Waals surface area (Å²) >= 11 is 0. The number of ether oxygens (including phenoxy) is 2. The molecule has 0 aliphatic heterocycles. The summed E-state index contributed by atoms with van der Waals surface area (Å²) in [5.41, 5.74) is 1.25. The predicted molar refractivity (Wildman–Crippen MR) is 113 cm³/mol. The number of methoxy groups -OCH3 is 2. The van der Waals surface area contributed by atoms with Crippen LogP contribution in [0, 0.1) is 0 Å². The Kier molecular flexibility index (Phi) is 8.04. The number of hydrogen-bond donors (Lipinski definition) is 1. The Hall–Kier alpha value is -2.58. The third-order valence-corrected chi connectivity index (χ3v) is 6.36. The average Bonchev–Trinajstić information content (AvgIpc) is 2.71. The molecule has 0 atom stereocenters. The molecular weight excluding hydrogens is 392 g/mol. The van der Waals surface area contributed by atoms with Crippen molar-refractivity contribution in [3.63, 3.8) is 0 Å². The Morgan fingerprint density at radius 3 is 2.14 bits per heavy atom. The summed E-state index contributed by atoms with van der Waals surface area (Å²) in [5, 5.41) is 2.66. The molecule has 0 heterocycles. The molecule has 0 spiro atoms. The van der Waals surface area contributed by atoms with E-state index in [9.17, 15) is 13.2 Å². The quantitative estimate of drug-likeness (QED) is 0.639. The van der Waals surface area contributed by atoms with Crippen molar-refractivity contribution in [1.82, 2.24) is 9.62 Å². The SMILES string of the molecule is COc1cc(OC)cc(C(=O)NCCS(=O)(=O)N(Cc2ccccc2)C(C)C)c1. The van der Waals surface area contributed by atoms with E-state index < -0.39 is 15.9 Å². The zero-order valence-corrected chi connectivity index (χ0v) is 18.0. The van der Waals surface area contributed by atoms with Crippen LogP contribution in [-0.2, 0) is 16.6 Å². The number of amides is 1. The molecule has 2 aromatic carbocycles. The predicted octanol–water partition coefficient (Wildman–Crippen LogP) is 2.67. The number of nitrogens with zero attached hydrogens (tertiary/aromatic N) is 1. The van der Waals surface area contributed by atoms with E-state index in [1.165, 1.54) is 18.5 Å². The maximum Gasteiger partial charge on any atom is 0.251 e.